The van der Waals surface area contributed by atoms with Crippen LogP contribution in [0, 0.1) is 5.92 Å². The molecule has 0 saturated carbocycles. The number of furan rings is 1. The van der Waals surface area contributed by atoms with E-state index in [0.717, 1.165) is 5.76 Å². The first kappa shape index (κ1) is 8.84. The summed E-state index contributed by atoms with van der Waals surface area (Å²) in [7, 11) is 1.39. The number of carbonyl (C=O) groups is 1. The Kier molecular flexibility index (Phi) is 2.91. The fourth-order valence-corrected chi connectivity index (χ4v) is 1.02. The number of hydrogen-bond donors (Lipinski definition) is 0. The highest BCUT2D eigenvalue weighted by molar-refractivity contribution is 5.72. The predicted molar refractivity (Wildman–Crippen MR) is 43.6 cm³/mol. The number of methoxy groups -OCH3 is 1. The summed E-state index contributed by atoms with van der Waals surface area (Å²) < 4.78 is 9.67. The van der Waals surface area contributed by atoms with Crippen molar-refractivity contribution in [1.29, 1.82) is 0 Å². The van der Waals surface area contributed by atoms with E-state index < -0.39 is 0 Å². The summed E-state index contributed by atoms with van der Waals surface area (Å²) in [6.45, 7) is 1.81. The maximum absolute atomic E-state index is 11.0. The van der Waals surface area contributed by atoms with Crippen LogP contribution in [0.3, 0.4) is 0 Å². The topological polar surface area (TPSA) is 39.4 Å². The minimum Gasteiger partial charge on any atom is -0.469 e. The van der Waals surface area contributed by atoms with Crippen molar-refractivity contribution < 1.29 is 13.9 Å². The molecule has 0 aliphatic heterocycles. The van der Waals surface area contributed by atoms with Crippen molar-refractivity contribution >= 4 is 5.97 Å². The molecule has 12 heavy (non-hydrogen) atoms. The molecule has 0 aliphatic carbocycles. The molecule has 1 rings (SSSR count). The maximum atomic E-state index is 11.0. The molecule has 0 bridgehead atoms. The van der Waals surface area contributed by atoms with Crippen molar-refractivity contribution in [3.05, 3.63) is 24.2 Å². The summed E-state index contributed by atoms with van der Waals surface area (Å²) in [5.41, 5.74) is 0. The lowest BCUT2D eigenvalue weighted by molar-refractivity contribution is -0.144. The van der Waals surface area contributed by atoms with Gasteiger partial charge in [0.1, 0.15) is 5.76 Å². The SMILES string of the molecule is COC(=O)C(C)Cc1ccco1. The first-order chi connectivity index (χ1) is 5.74. The summed E-state index contributed by atoms with van der Waals surface area (Å²) in [6.07, 6.45) is 2.19. The van der Waals surface area contributed by atoms with Crippen molar-refractivity contribution in [2.45, 2.75) is 13.3 Å². The molecule has 0 radical (unpaired) electrons. The quantitative estimate of drug-likeness (QED) is 0.644. The molecule has 0 saturated heterocycles. The zero-order chi connectivity index (χ0) is 8.97. The summed E-state index contributed by atoms with van der Waals surface area (Å²) in [6, 6.07) is 3.65. The van der Waals surface area contributed by atoms with Crippen LogP contribution >= 0.6 is 0 Å². The maximum Gasteiger partial charge on any atom is 0.308 e. The summed E-state index contributed by atoms with van der Waals surface area (Å²) >= 11 is 0. The van der Waals surface area contributed by atoms with Gasteiger partial charge < -0.3 is 9.15 Å². The van der Waals surface area contributed by atoms with Crippen molar-refractivity contribution in [2.75, 3.05) is 7.11 Å². The van der Waals surface area contributed by atoms with Gasteiger partial charge in [0.15, 0.2) is 0 Å². The van der Waals surface area contributed by atoms with Crippen molar-refractivity contribution in [3.8, 4) is 0 Å². The van der Waals surface area contributed by atoms with Gasteiger partial charge in [-0.3, -0.25) is 4.79 Å². The van der Waals surface area contributed by atoms with Crippen LogP contribution in [-0.2, 0) is 16.0 Å². The summed E-state index contributed by atoms with van der Waals surface area (Å²) in [5.74, 6) is 0.473. The second kappa shape index (κ2) is 3.95. The van der Waals surface area contributed by atoms with Gasteiger partial charge in [0.05, 0.1) is 19.3 Å². The highest BCUT2D eigenvalue weighted by Gasteiger charge is 2.14. The minimum atomic E-state index is -0.202. The molecule has 1 unspecified atom stereocenters. The zero-order valence-corrected chi connectivity index (χ0v) is 7.24. The van der Waals surface area contributed by atoms with E-state index in [-0.39, 0.29) is 11.9 Å². The van der Waals surface area contributed by atoms with Crippen LogP contribution < -0.4 is 0 Å². The molecule has 0 spiro atoms. The molecule has 0 amide bonds. The molecule has 1 aromatic rings. The fraction of sp³-hybridized carbons (Fsp3) is 0.444. The standard InChI is InChI=1S/C9H12O3/c1-7(9(10)11-2)6-8-4-3-5-12-8/h3-5,7H,6H2,1-2H3. The largest absolute Gasteiger partial charge is 0.469 e. The van der Waals surface area contributed by atoms with Gasteiger partial charge in [0.25, 0.3) is 0 Å². The average molecular weight is 168 g/mol. The Labute approximate surface area is 71.3 Å². The zero-order valence-electron chi connectivity index (χ0n) is 7.24. The van der Waals surface area contributed by atoms with Gasteiger partial charge in [-0.05, 0) is 12.1 Å². The van der Waals surface area contributed by atoms with Crippen molar-refractivity contribution in [2.24, 2.45) is 5.92 Å². The number of carbonyl (C=O) groups excluding carboxylic acids is 1. The third kappa shape index (κ3) is 2.12. The van der Waals surface area contributed by atoms with Gasteiger partial charge in [-0.15, -0.1) is 0 Å². The molecule has 0 N–H and O–H groups in total. The Morgan fingerprint density at radius 1 is 1.75 bits per heavy atom. The minimum absolute atomic E-state index is 0.138. The molecule has 1 atom stereocenters. The van der Waals surface area contributed by atoms with Crippen molar-refractivity contribution in [1.82, 2.24) is 0 Å². The van der Waals surface area contributed by atoms with Gasteiger partial charge in [-0.25, -0.2) is 0 Å². The molecule has 0 fully saturated rings. The Hall–Kier alpha value is -1.25. The normalized spacial score (nSPS) is 12.5. The van der Waals surface area contributed by atoms with Crippen LogP contribution in [-0.4, -0.2) is 13.1 Å². The Morgan fingerprint density at radius 2 is 2.50 bits per heavy atom. The second-order valence-corrected chi connectivity index (χ2v) is 2.71. The van der Waals surface area contributed by atoms with E-state index in [1.54, 1.807) is 12.3 Å². The van der Waals surface area contributed by atoms with E-state index in [0.29, 0.717) is 6.42 Å². The Morgan fingerprint density at radius 3 is 3.00 bits per heavy atom. The summed E-state index contributed by atoms with van der Waals surface area (Å²) in [5, 5.41) is 0. The van der Waals surface area contributed by atoms with Gasteiger partial charge in [-0.2, -0.15) is 0 Å². The molecule has 0 aromatic carbocycles. The van der Waals surface area contributed by atoms with Gasteiger partial charge in [0.2, 0.25) is 0 Å². The van der Waals surface area contributed by atoms with Crippen LogP contribution in [0.25, 0.3) is 0 Å². The molecule has 0 aliphatic rings. The third-order valence-electron chi connectivity index (χ3n) is 1.69. The average Bonchev–Trinajstić information content (AvgIpc) is 2.55. The Bertz CT molecular complexity index is 238. The molecule has 1 heterocycles. The van der Waals surface area contributed by atoms with Crippen LogP contribution in [0.1, 0.15) is 12.7 Å². The lowest BCUT2D eigenvalue weighted by Crippen LogP contribution is -2.14. The van der Waals surface area contributed by atoms with Gasteiger partial charge in [-0.1, -0.05) is 6.92 Å². The lowest BCUT2D eigenvalue weighted by Gasteiger charge is -2.05. The number of esters is 1. The van der Waals surface area contributed by atoms with Crippen LogP contribution in [0.4, 0.5) is 0 Å². The van der Waals surface area contributed by atoms with E-state index in [2.05, 4.69) is 4.74 Å². The molecular formula is C9H12O3. The summed E-state index contributed by atoms with van der Waals surface area (Å²) in [4.78, 5) is 11.0. The second-order valence-electron chi connectivity index (χ2n) is 2.71. The van der Waals surface area contributed by atoms with E-state index in [1.165, 1.54) is 7.11 Å². The highest BCUT2D eigenvalue weighted by Crippen LogP contribution is 2.09. The Balaban J connectivity index is 2.47. The number of hydrogen-bond acceptors (Lipinski definition) is 3. The first-order valence-corrected chi connectivity index (χ1v) is 3.84. The fourth-order valence-electron chi connectivity index (χ4n) is 1.02. The molecule has 3 heteroatoms. The third-order valence-corrected chi connectivity index (χ3v) is 1.69. The lowest BCUT2D eigenvalue weighted by atomic mass is 10.1. The smallest absolute Gasteiger partial charge is 0.308 e. The monoisotopic (exact) mass is 168 g/mol. The van der Waals surface area contributed by atoms with Crippen molar-refractivity contribution in [3.63, 3.8) is 0 Å². The number of rotatable bonds is 3. The van der Waals surface area contributed by atoms with Gasteiger partial charge in [0, 0.05) is 6.42 Å². The van der Waals surface area contributed by atoms with Crippen LogP contribution in [0.15, 0.2) is 22.8 Å². The molecule has 3 nitrogen and oxygen atoms in total. The number of ether oxygens (including phenoxy) is 1. The van der Waals surface area contributed by atoms with E-state index >= 15 is 0 Å². The van der Waals surface area contributed by atoms with Crippen LogP contribution in [0.5, 0.6) is 0 Å². The molecular weight excluding hydrogens is 156 g/mol. The van der Waals surface area contributed by atoms with Gasteiger partial charge >= 0.3 is 5.97 Å². The highest BCUT2D eigenvalue weighted by atomic mass is 16.5. The molecule has 66 valence electrons. The molecule has 1 aromatic heterocycles. The predicted octanol–water partition coefficient (Wildman–Crippen LogP) is 1.63. The van der Waals surface area contributed by atoms with E-state index in [1.807, 2.05) is 13.0 Å². The first-order valence-electron chi connectivity index (χ1n) is 3.84. The van der Waals surface area contributed by atoms with E-state index in [9.17, 15) is 4.79 Å². The van der Waals surface area contributed by atoms with Crippen LogP contribution in [0.2, 0.25) is 0 Å². The van der Waals surface area contributed by atoms with E-state index in [4.69, 9.17) is 4.42 Å².